The number of thioether (sulfide) groups is 1. The van der Waals surface area contributed by atoms with Crippen LogP contribution in [0.15, 0.2) is 23.1 Å². The molecule has 1 aliphatic carbocycles. The van der Waals surface area contributed by atoms with Gasteiger partial charge in [0.1, 0.15) is 6.07 Å². The number of nitrogens with one attached hydrogen (secondary N) is 1. The SMILES string of the molecule is CCSc1cccc(NCC(C)N(C)C2CC2)c1C#N. The van der Waals surface area contributed by atoms with Gasteiger partial charge in [-0.15, -0.1) is 11.8 Å². The zero-order chi connectivity index (χ0) is 14.5. The van der Waals surface area contributed by atoms with Crippen LogP contribution in [-0.2, 0) is 0 Å². The molecular weight excluding hydrogens is 266 g/mol. The molecule has 1 saturated carbocycles. The molecule has 0 bridgehead atoms. The van der Waals surface area contributed by atoms with E-state index in [2.05, 4.69) is 37.2 Å². The molecular formula is C16H23N3S. The molecule has 2 rings (SSSR count). The summed E-state index contributed by atoms with van der Waals surface area (Å²) in [6.07, 6.45) is 2.65. The number of anilines is 1. The van der Waals surface area contributed by atoms with Gasteiger partial charge in [-0.3, -0.25) is 4.90 Å². The highest BCUT2D eigenvalue weighted by atomic mass is 32.2. The zero-order valence-electron chi connectivity index (χ0n) is 12.5. The lowest BCUT2D eigenvalue weighted by Gasteiger charge is -2.25. The second-order valence-corrected chi connectivity index (χ2v) is 6.66. The van der Waals surface area contributed by atoms with Crippen molar-refractivity contribution in [1.82, 2.24) is 4.90 Å². The minimum atomic E-state index is 0.483. The van der Waals surface area contributed by atoms with Crippen LogP contribution in [0, 0.1) is 11.3 Å². The van der Waals surface area contributed by atoms with Crippen LogP contribution in [0.5, 0.6) is 0 Å². The van der Waals surface area contributed by atoms with Crippen molar-refractivity contribution in [3.05, 3.63) is 23.8 Å². The van der Waals surface area contributed by atoms with Gasteiger partial charge in [0.25, 0.3) is 0 Å². The molecule has 0 saturated heterocycles. The second kappa shape index (κ2) is 7.01. The average Bonchev–Trinajstić information content (AvgIpc) is 3.29. The number of hydrogen-bond donors (Lipinski definition) is 1. The lowest BCUT2D eigenvalue weighted by atomic mass is 10.2. The zero-order valence-corrected chi connectivity index (χ0v) is 13.3. The molecule has 0 heterocycles. The Labute approximate surface area is 126 Å². The molecule has 1 N–H and O–H groups in total. The maximum Gasteiger partial charge on any atom is 0.102 e. The molecule has 0 radical (unpaired) electrons. The minimum Gasteiger partial charge on any atom is -0.382 e. The van der Waals surface area contributed by atoms with Crippen molar-refractivity contribution in [2.24, 2.45) is 0 Å². The number of nitriles is 1. The van der Waals surface area contributed by atoms with E-state index in [1.54, 1.807) is 11.8 Å². The third kappa shape index (κ3) is 3.68. The van der Waals surface area contributed by atoms with Crippen LogP contribution in [0.2, 0.25) is 0 Å². The predicted molar refractivity (Wildman–Crippen MR) is 86.3 cm³/mol. The number of benzene rings is 1. The summed E-state index contributed by atoms with van der Waals surface area (Å²) < 4.78 is 0. The van der Waals surface area contributed by atoms with E-state index < -0.39 is 0 Å². The van der Waals surface area contributed by atoms with Crippen LogP contribution >= 0.6 is 11.8 Å². The molecule has 1 aromatic carbocycles. The quantitative estimate of drug-likeness (QED) is 0.779. The van der Waals surface area contributed by atoms with Crippen molar-refractivity contribution >= 4 is 17.4 Å². The molecule has 3 nitrogen and oxygen atoms in total. The Morgan fingerprint density at radius 3 is 2.85 bits per heavy atom. The van der Waals surface area contributed by atoms with Crippen LogP contribution in [0.4, 0.5) is 5.69 Å². The first kappa shape index (κ1) is 15.2. The summed E-state index contributed by atoms with van der Waals surface area (Å²) >= 11 is 1.72. The molecule has 1 unspecified atom stereocenters. The van der Waals surface area contributed by atoms with E-state index in [0.29, 0.717) is 6.04 Å². The number of likely N-dealkylation sites (N-methyl/N-ethyl adjacent to an activating group) is 1. The number of nitrogens with zero attached hydrogens (tertiary/aromatic N) is 2. The maximum atomic E-state index is 9.38. The summed E-state index contributed by atoms with van der Waals surface area (Å²) in [7, 11) is 2.19. The summed E-state index contributed by atoms with van der Waals surface area (Å²) in [5.41, 5.74) is 1.74. The van der Waals surface area contributed by atoms with E-state index in [1.165, 1.54) is 12.8 Å². The van der Waals surface area contributed by atoms with Crippen molar-refractivity contribution in [3.63, 3.8) is 0 Å². The van der Waals surface area contributed by atoms with Crippen LogP contribution < -0.4 is 5.32 Å². The van der Waals surface area contributed by atoms with Gasteiger partial charge >= 0.3 is 0 Å². The van der Waals surface area contributed by atoms with E-state index in [1.807, 2.05) is 18.2 Å². The largest absolute Gasteiger partial charge is 0.382 e. The van der Waals surface area contributed by atoms with Crippen molar-refractivity contribution in [2.75, 3.05) is 24.7 Å². The molecule has 20 heavy (non-hydrogen) atoms. The third-order valence-electron chi connectivity index (χ3n) is 3.84. The third-order valence-corrected chi connectivity index (χ3v) is 4.78. The molecule has 108 valence electrons. The Hall–Kier alpha value is -1.18. The number of hydrogen-bond acceptors (Lipinski definition) is 4. The van der Waals surface area contributed by atoms with Gasteiger partial charge in [-0.05, 0) is 44.7 Å². The van der Waals surface area contributed by atoms with Gasteiger partial charge in [0.2, 0.25) is 0 Å². The standard InChI is InChI=1S/C16H23N3S/c1-4-20-16-7-5-6-15(14(16)10-17)18-11-12(2)19(3)13-8-9-13/h5-7,12-13,18H,4,8-9,11H2,1-3H3. The first-order valence-corrected chi connectivity index (χ1v) is 8.27. The first-order chi connectivity index (χ1) is 9.67. The fourth-order valence-electron chi connectivity index (χ4n) is 2.31. The van der Waals surface area contributed by atoms with E-state index in [-0.39, 0.29) is 0 Å². The highest BCUT2D eigenvalue weighted by Crippen LogP contribution is 2.29. The van der Waals surface area contributed by atoms with Gasteiger partial charge in [0, 0.05) is 23.5 Å². The molecule has 1 atom stereocenters. The van der Waals surface area contributed by atoms with E-state index >= 15 is 0 Å². The fraction of sp³-hybridized carbons (Fsp3) is 0.562. The lowest BCUT2D eigenvalue weighted by Crippen LogP contribution is -2.36. The highest BCUT2D eigenvalue weighted by Gasteiger charge is 2.28. The summed E-state index contributed by atoms with van der Waals surface area (Å²) in [6, 6.07) is 9.64. The van der Waals surface area contributed by atoms with Gasteiger partial charge in [-0.1, -0.05) is 13.0 Å². The lowest BCUT2D eigenvalue weighted by molar-refractivity contribution is 0.257. The Morgan fingerprint density at radius 2 is 2.25 bits per heavy atom. The first-order valence-electron chi connectivity index (χ1n) is 7.29. The van der Waals surface area contributed by atoms with Gasteiger partial charge in [-0.2, -0.15) is 5.26 Å². The van der Waals surface area contributed by atoms with Crippen molar-refractivity contribution in [1.29, 1.82) is 5.26 Å². The smallest absolute Gasteiger partial charge is 0.102 e. The van der Waals surface area contributed by atoms with E-state index in [0.717, 1.165) is 34.5 Å². The molecule has 4 heteroatoms. The molecule has 1 aliphatic rings. The Kier molecular flexibility index (Phi) is 5.33. The van der Waals surface area contributed by atoms with Crippen LogP contribution in [0.3, 0.4) is 0 Å². The Balaban J connectivity index is 2.01. The summed E-state index contributed by atoms with van der Waals surface area (Å²) in [6.45, 7) is 5.22. The van der Waals surface area contributed by atoms with Gasteiger partial charge < -0.3 is 5.32 Å². The summed E-state index contributed by atoms with van der Waals surface area (Å²) in [5, 5.41) is 12.8. The summed E-state index contributed by atoms with van der Waals surface area (Å²) in [4.78, 5) is 3.51. The molecule has 0 amide bonds. The van der Waals surface area contributed by atoms with E-state index in [9.17, 15) is 5.26 Å². The second-order valence-electron chi connectivity index (χ2n) is 5.35. The van der Waals surface area contributed by atoms with Crippen molar-refractivity contribution in [2.45, 2.75) is 43.7 Å². The average molecular weight is 289 g/mol. The normalized spacial score (nSPS) is 15.9. The molecule has 0 aliphatic heterocycles. The Bertz CT molecular complexity index is 491. The molecule has 0 spiro atoms. The topological polar surface area (TPSA) is 39.1 Å². The molecule has 1 aromatic rings. The predicted octanol–water partition coefficient (Wildman–Crippen LogP) is 3.56. The van der Waals surface area contributed by atoms with E-state index in [4.69, 9.17) is 0 Å². The van der Waals surface area contributed by atoms with Gasteiger partial charge in [-0.25, -0.2) is 0 Å². The van der Waals surface area contributed by atoms with Crippen molar-refractivity contribution < 1.29 is 0 Å². The Morgan fingerprint density at radius 1 is 1.50 bits per heavy atom. The number of rotatable bonds is 7. The van der Waals surface area contributed by atoms with Crippen LogP contribution in [0.25, 0.3) is 0 Å². The van der Waals surface area contributed by atoms with Gasteiger partial charge in [0.15, 0.2) is 0 Å². The molecule has 1 fully saturated rings. The van der Waals surface area contributed by atoms with Crippen LogP contribution in [-0.4, -0.2) is 36.3 Å². The monoisotopic (exact) mass is 289 g/mol. The highest BCUT2D eigenvalue weighted by molar-refractivity contribution is 7.99. The summed E-state index contributed by atoms with van der Waals surface area (Å²) in [5.74, 6) is 0.985. The van der Waals surface area contributed by atoms with Gasteiger partial charge in [0.05, 0.1) is 11.3 Å². The fourth-order valence-corrected chi connectivity index (χ4v) is 3.10. The van der Waals surface area contributed by atoms with Crippen molar-refractivity contribution in [3.8, 4) is 6.07 Å². The molecule has 0 aromatic heterocycles. The maximum absolute atomic E-state index is 9.38. The minimum absolute atomic E-state index is 0.483. The van der Waals surface area contributed by atoms with Crippen LogP contribution in [0.1, 0.15) is 32.3 Å².